The molecule has 8 nitrogen and oxygen atoms in total. The number of hydrogen-bond donors (Lipinski definition) is 0. The van der Waals surface area contributed by atoms with E-state index in [1.54, 1.807) is 49.2 Å². The Morgan fingerprint density at radius 1 is 1.00 bits per heavy atom. The van der Waals surface area contributed by atoms with Crippen molar-refractivity contribution in [2.75, 3.05) is 14.2 Å². The SMILES string of the molecule is COc1ccc(-c2nc(-c3nnn(-c4ccc(F)cc4)c3C)no2)cc1OC. The van der Waals surface area contributed by atoms with E-state index >= 15 is 0 Å². The summed E-state index contributed by atoms with van der Waals surface area (Å²) in [6, 6.07) is 11.3. The standard InChI is InChI=1S/C19H16FN5O3/c1-11-17(22-24-25(11)14-7-5-13(20)6-8-14)18-21-19(28-23-18)12-4-9-15(26-2)16(10-12)27-3/h4-10H,1-3H3. The third-order valence-corrected chi connectivity index (χ3v) is 4.23. The molecular weight excluding hydrogens is 365 g/mol. The van der Waals surface area contributed by atoms with Gasteiger partial charge in [0.25, 0.3) is 5.89 Å². The maximum atomic E-state index is 13.1. The van der Waals surface area contributed by atoms with E-state index in [1.807, 2.05) is 6.92 Å². The average Bonchev–Trinajstić information content (AvgIpc) is 3.35. The van der Waals surface area contributed by atoms with Crippen LogP contribution < -0.4 is 9.47 Å². The summed E-state index contributed by atoms with van der Waals surface area (Å²) in [5.41, 5.74) is 2.53. The molecule has 0 spiro atoms. The normalized spacial score (nSPS) is 10.9. The van der Waals surface area contributed by atoms with Crippen LogP contribution in [-0.2, 0) is 0 Å². The van der Waals surface area contributed by atoms with Gasteiger partial charge < -0.3 is 14.0 Å². The zero-order chi connectivity index (χ0) is 19.7. The lowest BCUT2D eigenvalue weighted by Gasteiger charge is -2.07. The molecule has 0 aliphatic rings. The van der Waals surface area contributed by atoms with E-state index in [-0.39, 0.29) is 5.82 Å². The van der Waals surface area contributed by atoms with Gasteiger partial charge in [0.1, 0.15) is 5.82 Å². The highest BCUT2D eigenvalue weighted by atomic mass is 19.1. The molecule has 0 fully saturated rings. The first-order chi connectivity index (χ1) is 13.6. The minimum atomic E-state index is -0.320. The fourth-order valence-corrected chi connectivity index (χ4v) is 2.77. The molecule has 0 saturated carbocycles. The second kappa shape index (κ2) is 7.10. The molecule has 0 N–H and O–H groups in total. The van der Waals surface area contributed by atoms with Crippen LogP contribution in [0.15, 0.2) is 47.0 Å². The molecule has 0 atom stereocenters. The molecule has 0 aliphatic heterocycles. The van der Waals surface area contributed by atoms with Crippen molar-refractivity contribution < 1.29 is 18.4 Å². The minimum absolute atomic E-state index is 0.302. The molecule has 0 aliphatic carbocycles. The number of hydrogen-bond acceptors (Lipinski definition) is 7. The molecule has 0 unspecified atom stereocenters. The van der Waals surface area contributed by atoms with Crippen molar-refractivity contribution in [3.8, 4) is 40.2 Å². The van der Waals surface area contributed by atoms with Crippen molar-refractivity contribution in [3.63, 3.8) is 0 Å². The Kier molecular flexibility index (Phi) is 4.48. The molecule has 2 heterocycles. The molecule has 142 valence electrons. The van der Waals surface area contributed by atoms with Crippen LogP contribution in [0.4, 0.5) is 4.39 Å². The number of aromatic nitrogens is 5. The van der Waals surface area contributed by atoms with Crippen molar-refractivity contribution in [1.82, 2.24) is 25.1 Å². The molecule has 2 aromatic carbocycles. The topological polar surface area (TPSA) is 88.1 Å². The van der Waals surface area contributed by atoms with Gasteiger partial charge in [-0.1, -0.05) is 10.4 Å². The summed E-state index contributed by atoms with van der Waals surface area (Å²) >= 11 is 0. The number of halogens is 1. The van der Waals surface area contributed by atoms with E-state index in [9.17, 15) is 4.39 Å². The molecule has 0 bridgehead atoms. The summed E-state index contributed by atoms with van der Waals surface area (Å²) < 4.78 is 30.6. The summed E-state index contributed by atoms with van der Waals surface area (Å²) in [7, 11) is 3.12. The molecule has 0 amide bonds. The van der Waals surface area contributed by atoms with Crippen LogP contribution in [0.1, 0.15) is 5.69 Å². The summed E-state index contributed by atoms with van der Waals surface area (Å²) in [4.78, 5) is 4.41. The smallest absolute Gasteiger partial charge is 0.258 e. The van der Waals surface area contributed by atoms with Gasteiger partial charge in [0.15, 0.2) is 17.2 Å². The van der Waals surface area contributed by atoms with Crippen molar-refractivity contribution in [1.29, 1.82) is 0 Å². The number of rotatable bonds is 5. The summed E-state index contributed by atoms with van der Waals surface area (Å²) in [5, 5.41) is 12.3. The molecule has 4 rings (SSSR count). The van der Waals surface area contributed by atoms with E-state index in [4.69, 9.17) is 14.0 Å². The molecule has 4 aromatic rings. The number of ether oxygens (including phenoxy) is 2. The number of nitrogens with zero attached hydrogens (tertiary/aromatic N) is 5. The maximum absolute atomic E-state index is 13.1. The third kappa shape index (κ3) is 3.07. The van der Waals surface area contributed by atoms with Crippen LogP contribution >= 0.6 is 0 Å². The maximum Gasteiger partial charge on any atom is 0.258 e. The van der Waals surface area contributed by atoms with Gasteiger partial charge in [-0.15, -0.1) is 5.10 Å². The third-order valence-electron chi connectivity index (χ3n) is 4.23. The molecule has 28 heavy (non-hydrogen) atoms. The van der Waals surface area contributed by atoms with Gasteiger partial charge in [-0.2, -0.15) is 4.98 Å². The van der Waals surface area contributed by atoms with Crippen molar-refractivity contribution >= 4 is 0 Å². The highest BCUT2D eigenvalue weighted by Gasteiger charge is 2.19. The Balaban J connectivity index is 1.68. The molecule has 0 radical (unpaired) electrons. The lowest BCUT2D eigenvalue weighted by molar-refractivity contribution is 0.355. The van der Waals surface area contributed by atoms with Crippen LogP contribution in [0.3, 0.4) is 0 Å². The van der Waals surface area contributed by atoms with E-state index < -0.39 is 0 Å². The van der Waals surface area contributed by atoms with E-state index in [2.05, 4.69) is 20.5 Å². The van der Waals surface area contributed by atoms with Crippen LogP contribution in [0.25, 0.3) is 28.7 Å². The highest BCUT2D eigenvalue weighted by molar-refractivity contribution is 5.62. The van der Waals surface area contributed by atoms with Gasteiger partial charge >= 0.3 is 0 Å². The van der Waals surface area contributed by atoms with Crippen LogP contribution in [0.5, 0.6) is 11.5 Å². The second-order valence-electron chi connectivity index (χ2n) is 5.90. The van der Waals surface area contributed by atoms with Crippen LogP contribution in [-0.4, -0.2) is 39.4 Å². The zero-order valence-corrected chi connectivity index (χ0v) is 15.4. The van der Waals surface area contributed by atoms with Crippen LogP contribution in [0, 0.1) is 12.7 Å². The minimum Gasteiger partial charge on any atom is -0.493 e. The van der Waals surface area contributed by atoms with Gasteiger partial charge in [0.2, 0.25) is 5.82 Å². The van der Waals surface area contributed by atoms with Gasteiger partial charge in [0.05, 0.1) is 25.6 Å². The zero-order valence-electron chi connectivity index (χ0n) is 15.4. The fourth-order valence-electron chi connectivity index (χ4n) is 2.77. The Labute approximate surface area is 159 Å². The molecular formula is C19H16FN5O3. The van der Waals surface area contributed by atoms with Crippen molar-refractivity contribution in [2.45, 2.75) is 6.92 Å². The Hall–Kier alpha value is -3.75. The summed E-state index contributed by atoms with van der Waals surface area (Å²) in [5.74, 6) is 1.45. The first kappa shape index (κ1) is 17.7. The average molecular weight is 381 g/mol. The first-order valence-corrected chi connectivity index (χ1v) is 8.35. The van der Waals surface area contributed by atoms with E-state index in [0.29, 0.717) is 45.9 Å². The lowest BCUT2D eigenvalue weighted by atomic mass is 10.2. The van der Waals surface area contributed by atoms with Gasteiger partial charge in [-0.3, -0.25) is 0 Å². The Bertz CT molecular complexity index is 1120. The second-order valence-corrected chi connectivity index (χ2v) is 5.90. The van der Waals surface area contributed by atoms with Gasteiger partial charge in [0, 0.05) is 5.56 Å². The van der Waals surface area contributed by atoms with Gasteiger partial charge in [-0.25, -0.2) is 9.07 Å². The van der Waals surface area contributed by atoms with Gasteiger partial charge in [-0.05, 0) is 49.4 Å². The van der Waals surface area contributed by atoms with Crippen molar-refractivity contribution in [3.05, 3.63) is 54.0 Å². The molecule has 0 saturated heterocycles. The van der Waals surface area contributed by atoms with E-state index in [1.165, 1.54) is 12.1 Å². The van der Waals surface area contributed by atoms with Crippen LogP contribution in [0.2, 0.25) is 0 Å². The lowest BCUT2D eigenvalue weighted by Crippen LogP contribution is -1.99. The number of methoxy groups -OCH3 is 2. The highest BCUT2D eigenvalue weighted by Crippen LogP contribution is 2.32. The Morgan fingerprint density at radius 2 is 1.75 bits per heavy atom. The molecule has 2 aromatic heterocycles. The number of benzene rings is 2. The first-order valence-electron chi connectivity index (χ1n) is 8.35. The largest absolute Gasteiger partial charge is 0.493 e. The molecule has 9 heteroatoms. The predicted octanol–water partition coefficient (Wildman–Crippen LogP) is 3.45. The monoisotopic (exact) mass is 381 g/mol. The quantitative estimate of drug-likeness (QED) is 0.523. The fraction of sp³-hybridized carbons (Fsp3) is 0.158. The summed E-state index contributed by atoms with van der Waals surface area (Å²) in [6.45, 7) is 1.82. The Morgan fingerprint density at radius 3 is 2.46 bits per heavy atom. The predicted molar refractivity (Wildman–Crippen MR) is 97.9 cm³/mol. The summed E-state index contributed by atoms with van der Waals surface area (Å²) in [6.07, 6.45) is 0. The van der Waals surface area contributed by atoms with E-state index in [0.717, 1.165) is 0 Å². The van der Waals surface area contributed by atoms with Crippen molar-refractivity contribution in [2.24, 2.45) is 0 Å².